The van der Waals surface area contributed by atoms with Crippen LogP contribution in [0.2, 0.25) is 0 Å². The maximum Gasteiger partial charge on any atom is 0.238 e. The Labute approximate surface area is 123 Å². The van der Waals surface area contributed by atoms with Gasteiger partial charge in [-0.05, 0) is 71.5 Å². The first-order valence-electron chi connectivity index (χ1n) is 8.34. The summed E-state index contributed by atoms with van der Waals surface area (Å²) in [6, 6.07) is 0.304. The van der Waals surface area contributed by atoms with Gasteiger partial charge in [0.2, 0.25) is 5.91 Å². The number of hydrogen-bond donors (Lipinski definition) is 2. The van der Waals surface area contributed by atoms with Crippen molar-refractivity contribution in [1.29, 1.82) is 0 Å². The maximum atomic E-state index is 12.1. The average molecular weight is 281 g/mol. The minimum atomic E-state index is -0.454. The Hall–Kier alpha value is -0.610. The summed E-state index contributed by atoms with van der Waals surface area (Å²) in [5.41, 5.74) is 5.31. The van der Waals surface area contributed by atoms with Gasteiger partial charge in [0.05, 0.1) is 0 Å². The van der Waals surface area contributed by atoms with E-state index >= 15 is 0 Å². The average Bonchev–Trinajstić information content (AvgIpc) is 2.81. The summed E-state index contributed by atoms with van der Waals surface area (Å²) in [5.74, 6) is 0.261. The van der Waals surface area contributed by atoms with Crippen molar-refractivity contribution in [1.82, 2.24) is 10.2 Å². The van der Waals surface area contributed by atoms with Crippen molar-refractivity contribution < 1.29 is 4.79 Å². The predicted molar refractivity (Wildman–Crippen MR) is 82.4 cm³/mol. The molecule has 1 aliphatic heterocycles. The molecule has 0 radical (unpaired) electrons. The molecule has 0 aromatic carbocycles. The lowest BCUT2D eigenvalue weighted by atomic mass is 9.83. The Balaban J connectivity index is 1.95. The molecule has 1 aliphatic carbocycles. The third-order valence-electron chi connectivity index (χ3n) is 5.05. The topological polar surface area (TPSA) is 58.4 Å². The molecule has 1 amide bonds. The molecule has 0 spiro atoms. The second kappa shape index (κ2) is 6.90. The first-order chi connectivity index (χ1) is 9.54. The van der Waals surface area contributed by atoms with Crippen LogP contribution < -0.4 is 11.1 Å². The molecular weight excluding hydrogens is 250 g/mol. The predicted octanol–water partition coefficient (Wildman–Crippen LogP) is 1.88. The van der Waals surface area contributed by atoms with Crippen molar-refractivity contribution in [3.05, 3.63) is 0 Å². The number of nitrogens with zero attached hydrogens (tertiary/aromatic N) is 1. The molecule has 0 aromatic heterocycles. The van der Waals surface area contributed by atoms with E-state index in [1.807, 2.05) is 0 Å². The molecule has 20 heavy (non-hydrogen) atoms. The van der Waals surface area contributed by atoms with E-state index in [0.29, 0.717) is 12.0 Å². The second-order valence-electron chi connectivity index (χ2n) is 6.91. The lowest BCUT2D eigenvalue weighted by Crippen LogP contribution is -2.60. The Bertz CT molecular complexity index is 326. The van der Waals surface area contributed by atoms with Crippen LogP contribution in [0.25, 0.3) is 0 Å². The SMILES string of the molecule is CC(C)NC1(C(N)=O)CCCC1CCN1CCCCC1. The highest BCUT2D eigenvalue weighted by Gasteiger charge is 2.47. The molecule has 0 aromatic rings. The summed E-state index contributed by atoms with van der Waals surface area (Å²) in [4.78, 5) is 14.6. The van der Waals surface area contributed by atoms with Crippen LogP contribution in [0, 0.1) is 5.92 Å². The third kappa shape index (κ3) is 3.53. The molecule has 0 bridgehead atoms. The van der Waals surface area contributed by atoms with Gasteiger partial charge in [-0.15, -0.1) is 0 Å². The first-order valence-corrected chi connectivity index (χ1v) is 8.34. The Morgan fingerprint density at radius 1 is 1.30 bits per heavy atom. The minimum Gasteiger partial charge on any atom is -0.368 e. The number of likely N-dealkylation sites (tertiary alicyclic amines) is 1. The molecule has 2 fully saturated rings. The number of amides is 1. The molecule has 2 unspecified atom stereocenters. The van der Waals surface area contributed by atoms with E-state index < -0.39 is 5.54 Å². The van der Waals surface area contributed by atoms with Crippen molar-refractivity contribution in [2.45, 2.75) is 70.4 Å². The number of carbonyl (C=O) groups excluding carboxylic acids is 1. The molecular formula is C16H31N3O. The van der Waals surface area contributed by atoms with Gasteiger partial charge in [-0.2, -0.15) is 0 Å². The molecule has 2 atom stereocenters. The highest BCUT2D eigenvalue weighted by atomic mass is 16.1. The lowest BCUT2D eigenvalue weighted by Gasteiger charge is -2.37. The fraction of sp³-hybridized carbons (Fsp3) is 0.938. The van der Waals surface area contributed by atoms with Gasteiger partial charge in [0.15, 0.2) is 0 Å². The normalized spacial score (nSPS) is 31.9. The van der Waals surface area contributed by atoms with Gasteiger partial charge >= 0.3 is 0 Å². The van der Waals surface area contributed by atoms with Crippen molar-refractivity contribution >= 4 is 5.91 Å². The molecule has 116 valence electrons. The fourth-order valence-corrected chi connectivity index (χ4v) is 4.09. The van der Waals surface area contributed by atoms with E-state index in [1.54, 1.807) is 0 Å². The highest BCUT2D eigenvalue weighted by molar-refractivity contribution is 5.85. The zero-order valence-corrected chi connectivity index (χ0v) is 13.2. The van der Waals surface area contributed by atoms with Crippen LogP contribution in [0.15, 0.2) is 0 Å². The number of nitrogens with one attached hydrogen (secondary N) is 1. The van der Waals surface area contributed by atoms with Gasteiger partial charge in [-0.25, -0.2) is 0 Å². The minimum absolute atomic E-state index is 0.146. The lowest BCUT2D eigenvalue weighted by molar-refractivity contribution is -0.126. The maximum absolute atomic E-state index is 12.1. The number of carbonyl (C=O) groups is 1. The van der Waals surface area contributed by atoms with Crippen LogP contribution in [0.1, 0.15) is 58.8 Å². The van der Waals surface area contributed by atoms with Crippen LogP contribution in [-0.4, -0.2) is 42.0 Å². The standard InChI is InChI=1S/C16H31N3O/c1-13(2)18-16(15(17)20)9-6-7-14(16)8-12-19-10-4-3-5-11-19/h13-14,18H,3-12H2,1-2H3,(H2,17,20). The molecule has 2 aliphatic rings. The summed E-state index contributed by atoms with van der Waals surface area (Å²) < 4.78 is 0. The van der Waals surface area contributed by atoms with E-state index in [9.17, 15) is 4.79 Å². The van der Waals surface area contributed by atoms with Gasteiger partial charge in [0, 0.05) is 6.04 Å². The Morgan fingerprint density at radius 3 is 2.60 bits per heavy atom. The Kier molecular flexibility index (Phi) is 5.44. The van der Waals surface area contributed by atoms with Crippen LogP contribution >= 0.6 is 0 Å². The number of primary amides is 1. The largest absolute Gasteiger partial charge is 0.368 e. The molecule has 4 nitrogen and oxygen atoms in total. The van der Waals surface area contributed by atoms with Crippen molar-refractivity contribution in [2.75, 3.05) is 19.6 Å². The highest BCUT2D eigenvalue weighted by Crippen LogP contribution is 2.38. The summed E-state index contributed by atoms with van der Waals surface area (Å²) in [7, 11) is 0. The van der Waals surface area contributed by atoms with Gasteiger partial charge in [0.25, 0.3) is 0 Å². The van der Waals surface area contributed by atoms with Gasteiger partial charge in [0.1, 0.15) is 5.54 Å². The smallest absolute Gasteiger partial charge is 0.238 e. The summed E-state index contributed by atoms with van der Waals surface area (Å²) >= 11 is 0. The second-order valence-corrected chi connectivity index (χ2v) is 6.91. The van der Waals surface area contributed by atoms with E-state index in [4.69, 9.17) is 5.73 Å². The zero-order valence-electron chi connectivity index (χ0n) is 13.2. The monoisotopic (exact) mass is 281 g/mol. The van der Waals surface area contributed by atoms with Crippen LogP contribution in [-0.2, 0) is 4.79 Å². The van der Waals surface area contributed by atoms with Crippen LogP contribution in [0.3, 0.4) is 0 Å². The van der Waals surface area contributed by atoms with Gasteiger partial charge < -0.3 is 16.0 Å². The van der Waals surface area contributed by atoms with Crippen LogP contribution in [0.4, 0.5) is 0 Å². The molecule has 1 saturated carbocycles. The van der Waals surface area contributed by atoms with Crippen molar-refractivity contribution in [3.8, 4) is 0 Å². The van der Waals surface area contributed by atoms with E-state index in [-0.39, 0.29) is 5.91 Å². The van der Waals surface area contributed by atoms with E-state index in [1.165, 1.54) is 32.4 Å². The number of piperidine rings is 1. The molecule has 4 heteroatoms. The van der Waals surface area contributed by atoms with E-state index in [2.05, 4.69) is 24.1 Å². The quantitative estimate of drug-likeness (QED) is 0.781. The van der Waals surface area contributed by atoms with Crippen molar-refractivity contribution in [3.63, 3.8) is 0 Å². The molecule has 1 heterocycles. The van der Waals surface area contributed by atoms with Crippen molar-refractivity contribution in [2.24, 2.45) is 11.7 Å². The number of hydrogen-bond acceptors (Lipinski definition) is 3. The summed E-state index contributed by atoms with van der Waals surface area (Å²) in [6.07, 6.45) is 8.30. The zero-order chi connectivity index (χ0) is 14.6. The molecule has 2 rings (SSSR count). The Morgan fingerprint density at radius 2 is 2.00 bits per heavy atom. The fourth-order valence-electron chi connectivity index (χ4n) is 4.09. The van der Waals surface area contributed by atoms with Gasteiger partial charge in [-0.1, -0.05) is 12.8 Å². The third-order valence-corrected chi connectivity index (χ3v) is 5.05. The number of nitrogens with two attached hydrogens (primary N) is 1. The number of rotatable bonds is 6. The van der Waals surface area contributed by atoms with Gasteiger partial charge in [-0.3, -0.25) is 4.79 Å². The van der Waals surface area contributed by atoms with Crippen LogP contribution in [0.5, 0.6) is 0 Å². The molecule has 1 saturated heterocycles. The summed E-state index contributed by atoms with van der Waals surface area (Å²) in [5, 5.41) is 3.50. The summed E-state index contributed by atoms with van der Waals surface area (Å²) in [6.45, 7) is 7.79. The van der Waals surface area contributed by atoms with E-state index in [0.717, 1.165) is 32.2 Å². The first kappa shape index (κ1) is 15.8. The molecule has 3 N–H and O–H groups in total.